The highest BCUT2D eigenvalue weighted by Crippen LogP contribution is 2.48. The number of nitrogens with one attached hydrogen (secondary N) is 1. The Morgan fingerprint density at radius 2 is 1.88 bits per heavy atom. The third-order valence-electron chi connectivity index (χ3n) is 6.60. The van der Waals surface area contributed by atoms with Gasteiger partial charge in [0.1, 0.15) is 17.4 Å². The zero-order chi connectivity index (χ0) is 25.2. The van der Waals surface area contributed by atoms with Crippen LogP contribution in [0, 0.1) is 11.8 Å². The van der Waals surface area contributed by atoms with Crippen LogP contribution in [0.3, 0.4) is 0 Å². The number of hydrogen-bond donors (Lipinski definition) is 1. The first kappa shape index (κ1) is 25.3. The van der Waals surface area contributed by atoms with Gasteiger partial charge in [0.15, 0.2) is 5.78 Å². The second kappa shape index (κ2) is 10.3. The Hall–Kier alpha value is -3.29. The van der Waals surface area contributed by atoms with E-state index in [1.807, 2.05) is 20.8 Å². The Labute approximate surface area is 200 Å². The number of benzene rings is 1. The van der Waals surface area contributed by atoms with E-state index < -0.39 is 23.8 Å². The van der Waals surface area contributed by atoms with Crippen molar-refractivity contribution in [2.75, 3.05) is 21.3 Å². The second-order valence-corrected chi connectivity index (χ2v) is 8.77. The number of Topliss-reactive ketones (excluding diaryl/α,β-unsaturated/α-hetero) is 1. The number of carbonyl (C=O) groups excluding carboxylic acids is 3. The van der Waals surface area contributed by atoms with Gasteiger partial charge in [0.25, 0.3) is 0 Å². The molecule has 0 radical (unpaired) electrons. The average Bonchev–Trinajstić information content (AvgIpc) is 2.82. The number of methoxy groups -OCH3 is 3. The van der Waals surface area contributed by atoms with Crippen LogP contribution < -0.4 is 14.8 Å². The molecule has 4 atom stereocenters. The van der Waals surface area contributed by atoms with Gasteiger partial charge in [0.05, 0.1) is 38.9 Å². The molecule has 0 spiro atoms. The topological polar surface area (TPSA) is 100 Å². The number of ketones is 1. The van der Waals surface area contributed by atoms with E-state index in [2.05, 4.69) is 5.32 Å². The molecule has 8 nitrogen and oxygen atoms in total. The van der Waals surface area contributed by atoms with Crippen molar-refractivity contribution < 1.29 is 33.3 Å². The molecular formula is C26H33NO7. The normalized spacial score (nSPS) is 23.0. The van der Waals surface area contributed by atoms with Gasteiger partial charge in [-0.15, -0.1) is 0 Å². The second-order valence-electron chi connectivity index (χ2n) is 8.77. The van der Waals surface area contributed by atoms with Crippen molar-refractivity contribution in [1.29, 1.82) is 0 Å². The van der Waals surface area contributed by atoms with Crippen LogP contribution >= 0.6 is 0 Å². The summed E-state index contributed by atoms with van der Waals surface area (Å²) in [4.78, 5) is 39.7. The first-order chi connectivity index (χ1) is 16.2. The summed E-state index contributed by atoms with van der Waals surface area (Å²) in [6, 6.07) is 5.24. The average molecular weight is 472 g/mol. The van der Waals surface area contributed by atoms with Gasteiger partial charge < -0.3 is 24.3 Å². The van der Waals surface area contributed by atoms with Gasteiger partial charge in [0.2, 0.25) is 0 Å². The fourth-order valence-electron chi connectivity index (χ4n) is 4.65. The van der Waals surface area contributed by atoms with E-state index in [-0.39, 0.29) is 17.8 Å². The predicted molar refractivity (Wildman–Crippen MR) is 125 cm³/mol. The van der Waals surface area contributed by atoms with Crippen molar-refractivity contribution in [3.05, 3.63) is 46.3 Å². The minimum atomic E-state index is -0.956. The van der Waals surface area contributed by atoms with E-state index in [0.717, 1.165) is 0 Å². The SMILES string of the molecule is CCC(C)OC(=O)C1=C(C)NC2=C(C(=O)C(C(=O)OC)C(C)C2)C1c1ccc(OC)cc1OC. The lowest BCUT2D eigenvalue weighted by molar-refractivity contribution is -0.151. The molecule has 1 aliphatic carbocycles. The first-order valence-electron chi connectivity index (χ1n) is 11.4. The third-order valence-corrected chi connectivity index (χ3v) is 6.60. The standard InChI is InChI=1S/C26H33NO7/c1-8-14(3)34-26(30)21-15(4)27-18-11-13(2)20(25(29)33-7)24(28)23(18)22(21)17-10-9-16(31-5)12-19(17)32-6/h9-10,12-14,20,22,27H,8,11H2,1-7H3. The summed E-state index contributed by atoms with van der Waals surface area (Å²) in [5.74, 6) is -2.43. The molecule has 0 amide bonds. The van der Waals surface area contributed by atoms with Crippen LogP contribution in [-0.4, -0.2) is 45.2 Å². The molecule has 34 heavy (non-hydrogen) atoms. The Balaban J connectivity index is 2.24. The minimum Gasteiger partial charge on any atom is -0.497 e. The number of allylic oxidation sites excluding steroid dienone is 3. The molecule has 0 saturated carbocycles. The number of dihydropyridines is 1. The summed E-state index contributed by atoms with van der Waals surface area (Å²) in [6.07, 6.45) is 0.809. The lowest BCUT2D eigenvalue weighted by Crippen LogP contribution is -2.43. The van der Waals surface area contributed by atoms with Gasteiger partial charge in [-0.05, 0) is 38.7 Å². The first-order valence-corrected chi connectivity index (χ1v) is 11.4. The summed E-state index contributed by atoms with van der Waals surface area (Å²) in [5.41, 5.74) is 2.58. The maximum atomic E-state index is 13.8. The monoisotopic (exact) mass is 471 g/mol. The van der Waals surface area contributed by atoms with Crippen molar-refractivity contribution in [3.8, 4) is 11.5 Å². The molecular weight excluding hydrogens is 438 g/mol. The fraction of sp³-hybridized carbons (Fsp3) is 0.500. The van der Waals surface area contributed by atoms with Crippen molar-refractivity contribution >= 4 is 17.7 Å². The number of ether oxygens (including phenoxy) is 4. The van der Waals surface area contributed by atoms with Gasteiger partial charge >= 0.3 is 11.9 Å². The van der Waals surface area contributed by atoms with Crippen LogP contribution in [0.2, 0.25) is 0 Å². The highest BCUT2D eigenvalue weighted by atomic mass is 16.5. The fourth-order valence-corrected chi connectivity index (χ4v) is 4.65. The molecule has 1 heterocycles. The summed E-state index contributed by atoms with van der Waals surface area (Å²) in [5, 5.41) is 3.26. The Morgan fingerprint density at radius 1 is 1.18 bits per heavy atom. The van der Waals surface area contributed by atoms with Crippen LogP contribution in [0.5, 0.6) is 11.5 Å². The molecule has 2 aliphatic rings. The van der Waals surface area contributed by atoms with Crippen molar-refractivity contribution in [2.45, 2.75) is 52.6 Å². The number of rotatable bonds is 7. The van der Waals surface area contributed by atoms with Gasteiger partial charge in [-0.1, -0.05) is 19.9 Å². The maximum Gasteiger partial charge on any atom is 0.337 e. The summed E-state index contributed by atoms with van der Waals surface area (Å²) >= 11 is 0. The number of esters is 2. The van der Waals surface area contributed by atoms with E-state index in [1.54, 1.807) is 32.2 Å². The van der Waals surface area contributed by atoms with Crippen molar-refractivity contribution in [1.82, 2.24) is 5.32 Å². The molecule has 0 fully saturated rings. The maximum absolute atomic E-state index is 13.8. The molecule has 184 valence electrons. The van der Waals surface area contributed by atoms with Crippen LogP contribution in [0.15, 0.2) is 40.7 Å². The quantitative estimate of drug-likeness (QED) is 0.475. The molecule has 1 aliphatic heterocycles. The summed E-state index contributed by atoms with van der Waals surface area (Å²) in [7, 11) is 4.34. The lowest BCUT2D eigenvalue weighted by atomic mass is 9.69. The van der Waals surface area contributed by atoms with E-state index in [9.17, 15) is 14.4 Å². The number of hydrogen-bond acceptors (Lipinski definition) is 8. The molecule has 0 aromatic heterocycles. The van der Waals surface area contributed by atoms with E-state index >= 15 is 0 Å². The zero-order valence-electron chi connectivity index (χ0n) is 20.8. The number of carbonyl (C=O) groups is 3. The van der Waals surface area contributed by atoms with Crippen molar-refractivity contribution in [3.63, 3.8) is 0 Å². The molecule has 0 saturated heterocycles. The van der Waals surface area contributed by atoms with E-state index in [0.29, 0.717) is 52.4 Å². The highest BCUT2D eigenvalue weighted by molar-refractivity contribution is 6.12. The lowest BCUT2D eigenvalue weighted by Gasteiger charge is -2.38. The molecule has 1 aromatic rings. The van der Waals surface area contributed by atoms with Crippen LogP contribution in [0.25, 0.3) is 0 Å². The van der Waals surface area contributed by atoms with Gasteiger partial charge in [-0.2, -0.15) is 0 Å². The molecule has 3 rings (SSSR count). The zero-order valence-corrected chi connectivity index (χ0v) is 20.8. The van der Waals surface area contributed by atoms with Crippen LogP contribution in [0.4, 0.5) is 0 Å². The molecule has 0 bridgehead atoms. The van der Waals surface area contributed by atoms with E-state index in [1.165, 1.54) is 14.2 Å². The molecule has 8 heteroatoms. The molecule has 1 N–H and O–H groups in total. The Kier molecular flexibility index (Phi) is 7.69. The third kappa shape index (κ3) is 4.54. The summed E-state index contributed by atoms with van der Waals surface area (Å²) in [6.45, 7) is 7.38. The Bertz CT molecular complexity index is 1060. The van der Waals surface area contributed by atoms with E-state index in [4.69, 9.17) is 18.9 Å². The molecule has 1 aromatic carbocycles. The smallest absolute Gasteiger partial charge is 0.337 e. The predicted octanol–water partition coefficient (Wildman–Crippen LogP) is 3.66. The summed E-state index contributed by atoms with van der Waals surface area (Å²) < 4.78 is 21.6. The van der Waals surface area contributed by atoms with Gasteiger partial charge in [0, 0.05) is 28.6 Å². The largest absolute Gasteiger partial charge is 0.497 e. The highest BCUT2D eigenvalue weighted by Gasteiger charge is 2.48. The van der Waals surface area contributed by atoms with Crippen molar-refractivity contribution in [2.24, 2.45) is 11.8 Å². The van der Waals surface area contributed by atoms with Crippen LogP contribution in [-0.2, 0) is 23.9 Å². The molecule has 4 unspecified atom stereocenters. The van der Waals surface area contributed by atoms with Crippen LogP contribution in [0.1, 0.15) is 52.0 Å². The van der Waals surface area contributed by atoms with Gasteiger partial charge in [-0.3, -0.25) is 9.59 Å². The minimum absolute atomic E-state index is 0.258. The Morgan fingerprint density at radius 3 is 2.47 bits per heavy atom. The van der Waals surface area contributed by atoms with Gasteiger partial charge in [-0.25, -0.2) is 4.79 Å².